The standard InChI is InChI=1S/C13H18N2O3/c1-3-4-7-11(13(17)18)15-12(16)10-6-5-8-14-9(10)2/h5-6,8,11H,3-4,7H2,1-2H3,(H,15,16)(H,17,18). The average Bonchev–Trinajstić information content (AvgIpc) is 2.34. The van der Waals surface area contributed by atoms with E-state index in [-0.39, 0.29) is 5.91 Å². The van der Waals surface area contributed by atoms with Crippen molar-refractivity contribution in [1.29, 1.82) is 0 Å². The summed E-state index contributed by atoms with van der Waals surface area (Å²) in [5, 5.41) is 11.6. The molecule has 0 aliphatic heterocycles. The minimum atomic E-state index is -1.00. The Morgan fingerprint density at radius 2 is 2.22 bits per heavy atom. The van der Waals surface area contributed by atoms with Gasteiger partial charge in [0.1, 0.15) is 6.04 Å². The van der Waals surface area contributed by atoms with Crippen molar-refractivity contribution >= 4 is 11.9 Å². The van der Waals surface area contributed by atoms with Gasteiger partial charge in [-0.1, -0.05) is 19.8 Å². The zero-order valence-corrected chi connectivity index (χ0v) is 10.6. The second-order valence-electron chi connectivity index (χ2n) is 4.14. The molecule has 0 aliphatic rings. The first-order valence-corrected chi connectivity index (χ1v) is 6.01. The maximum absolute atomic E-state index is 11.9. The van der Waals surface area contributed by atoms with Crippen LogP contribution in [-0.4, -0.2) is 28.0 Å². The molecule has 0 aliphatic carbocycles. The molecule has 5 nitrogen and oxygen atoms in total. The summed E-state index contributed by atoms with van der Waals surface area (Å²) in [7, 11) is 0. The number of carboxylic acids is 1. The number of carboxylic acid groups (broad SMARTS) is 1. The summed E-state index contributed by atoms with van der Waals surface area (Å²) in [6, 6.07) is 2.46. The van der Waals surface area contributed by atoms with Crippen LogP contribution in [-0.2, 0) is 4.79 Å². The van der Waals surface area contributed by atoms with Crippen LogP contribution in [0.2, 0.25) is 0 Å². The number of unbranched alkanes of at least 4 members (excludes halogenated alkanes) is 1. The van der Waals surface area contributed by atoms with Gasteiger partial charge in [-0.05, 0) is 25.5 Å². The zero-order valence-electron chi connectivity index (χ0n) is 10.6. The minimum absolute atomic E-state index is 0.385. The molecular weight excluding hydrogens is 232 g/mol. The number of pyridine rings is 1. The third-order valence-electron chi connectivity index (χ3n) is 2.70. The van der Waals surface area contributed by atoms with E-state index in [9.17, 15) is 9.59 Å². The summed E-state index contributed by atoms with van der Waals surface area (Å²) in [5.41, 5.74) is 1.01. The number of carbonyl (C=O) groups is 2. The molecule has 98 valence electrons. The van der Waals surface area contributed by atoms with Gasteiger partial charge < -0.3 is 10.4 Å². The second-order valence-corrected chi connectivity index (χ2v) is 4.14. The van der Waals surface area contributed by atoms with E-state index in [1.165, 1.54) is 0 Å². The number of aliphatic carboxylic acids is 1. The van der Waals surface area contributed by atoms with Crippen LogP contribution in [0.1, 0.15) is 42.2 Å². The monoisotopic (exact) mass is 250 g/mol. The molecule has 1 rings (SSSR count). The summed E-state index contributed by atoms with van der Waals surface area (Å²) >= 11 is 0. The number of aromatic nitrogens is 1. The Balaban J connectivity index is 2.72. The van der Waals surface area contributed by atoms with Crippen molar-refractivity contribution < 1.29 is 14.7 Å². The lowest BCUT2D eigenvalue weighted by molar-refractivity contribution is -0.139. The number of nitrogens with one attached hydrogen (secondary N) is 1. The van der Waals surface area contributed by atoms with E-state index in [4.69, 9.17) is 5.11 Å². The Morgan fingerprint density at radius 1 is 1.50 bits per heavy atom. The van der Waals surface area contributed by atoms with Gasteiger partial charge in [0.2, 0.25) is 0 Å². The highest BCUT2D eigenvalue weighted by Gasteiger charge is 2.20. The van der Waals surface area contributed by atoms with E-state index in [1.807, 2.05) is 6.92 Å². The maximum Gasteiger partial charge on any atom is 0.326 e. The molecule has 18 heavy (non-hydrogen) atoms. The molecule has 2 N–H and O–H groups in total. The Kier molecular flexibility index (Phi) is 5.30. The van der Waals surface area contributed by atoms with Gasteiger partial charge in [-0.2, -0.15) is 0 Å². The first kappa shape index (κ1) is 14.2. The Hall–Kier alpha value is -1.91. The molecule has 0 spiro atoms. The molecule has 1 atom stereocenters. The van der Waals surface area contributed by atoms with Gasteiger partial charge in [0.25, 0.3) is 5.91 Å². The van der Waals surface area contributed by atoms with Gasteiger partial charge in [0.15, 0.2) is 0 Å². The van der Waals surface area contributed by atoms with E-state index >= 15 is 0 Å². The fourth-order valence-corrected chi connectivity index (χ4v) is 1.63. The van der Waals surface area contributed by atoms with Crippen molar-refractivity contribution in [3.63, 3.8) is 0 Å². The van der Waals surface area contributed by atoms with Gasteiger partial charge in [0, 0.05) is 11.9 Å². The number of hydrogen-bond donors (Lipinski definition) is 2. The van der Waals surface area contributed by atoms with Crippen LogP contribution in [0, 0.1) is 6.92 Å². The van der Waals surface area contributed by atoms with Gasteiger partial charge in [-0.15, -0.1) is 0 Å². The first-order valence-electron chi connectivity index (χ1n) is 6.01. The highest BCUT2D eigenvalue weighted by atomic mass is 16.4. The number of carbonyl (C=O) groups excluding carboxylic acids is 1. The molecule has 5 heteroatoms. The smallest absolute Gasteiger partial charge is 0.326 e. The Bertz CT molecular complexity index is 432. The molecular formula is C13H18N2O3. The van der Waals surface area contributed by atoms with Gasteiger partial charge >= 0.3 is 5.97 Å². The third-order valence-corrected chi connectivity index (χ3v) is 2.70. The van der Waals surface area contributed by atoms with Crippen LogP contribution in [0.25, 0.3) is 0 Å². The molecule has 0 saturated heterocycles. The summed E-state index contributed by atoms with van der Waals surface area (Å²) in [6.07, 6.45) is 3.70. The lowest BCUT2D eigenvalue weighted by Gasteiger charge is -2.14. The van der Waals surface area contributed by atoms with E-state index in [1.54, 1.807) is 25.3 Å². The fourth-order valence-electron chi connectivity index (χ4n) is 1.63. The first-order chi connectivity index (χ1) is 8.56. The topological polar surface area (TPSA) is 79.3 Å². The quantitative estimate of drug-likeness (QED) is 0.806. The fraction of sp³-hybridized carbons (Fsp3) is 0.462. The molecule has 0 radical (unpaired) electrons. The Labute approximate surface area is 106 Å². The summed E-state index contributed by atoms with van der Waals surface area (Å²) < 4.78 is 0. The van der Waals surface area contributed by atoms with E-state index in [0.717, 1.165) is 12.8 Å². The van der Waals surface area contributed by atoms with Crippen molar-refractivity contribution in [3.8, 4) is 0 Å². The van der Waals surface area contributed by atoms with E-state index < -0.39 is 12.0 Å². The molecule has 1 aromatic heterocycles. The number of rotatable bonds is 6. The van der Waals surface area contributed by atoms with Gasteiger partial charge in [-0.25, -0.2) is 4.79 Å². The van der Waals surface area contributed by atoms with Crippen LogP contribution in [0.5, 0.6) is 0 Å². The lowest BCUT2D eigenvalue weighted by Crippen LogP contribution is -2.41. The van der Waals surface area contributed by atoms with Gasteiger partial charge in [0.05, 0.1) is 5.56 Å². The summed E-state index contributed by atoms with van der Waals surface area (Å²) in [4.78, 5) is 27.0. The third kappa shape index (κ3) is 3.84. The second kappa shape index (κ2) is 6.74. The van der Waals surface area contributed by atoms with E-state index in [2.05, 4.69) is 10.3 Å². The minimum Gasteiger partial charge on any atom is -0.480 e. The van der Waals surface area contributed by atoms with Crippen LogP contribution in [0.15, 0.2) is 18.3 Å². The molecule has 0 aromatic carbocycles. The summed E-state index contributed by atoms with van der Waals surface area (Å²) in [5.74, 6) is -1.39. The number of hydrogen-bond acceptors (Lipinski definition) is 3. The van der Waals surface area contributed by atoms with Crippen LogP contribution < -0.4 is 5.32 Å². The van der Waals surface area contributed by atoms with Crippen molar-refractivity contribution in [3.05, 3.63) is 29.6 Å². The van der Waals surface area contributed by atoms with E-state index in [0.29, 0.717) is 17.7 Å². The van der Waals surface area contributed by atoms with Crippen LogP contribution in [0.4, 0.5) is 0 Å². The maximum atomic E-state index is 11.9. The highest BCUT2D eigenvalue weighted by Crippen LogP contribution is 2.06. The normalized spacial score (nSPS) is 11.9. The number of aryl methyl sites for hydroxylation is 1. The van der Waals surface area contributed by atoms with Crippen molar-refractivity contribution in [2.75, 3.05) is 0 Å². The zero-order chi connectivity index (χ0) is 13.5. The largest absolute Gasteiger partial charge is 0.480 e. The lowest BCUT2D eigenvalue weighted by atomic mass is 10.1. The SMILES string of the molecule is CCCCC(NC(=O)c1cccnc1C)C(=O)O. The van der Waals surface area contributed by atoms with Crippen LogP contribution >= 0.6 is 0 Å². The predicted molar refractivity (Wildman–Crippen MR) is 67.4 cm³/mol. The van der Waals surface area contributed by atoms with Crippen molar-refractivity contribution in [2.45, 2.75) is 39.2 Å². The highest BCUT2D eigenvalue weighted by molar-refractivity contribution is 5.97. The Morgan fingerprint density at radius 3 is 2.78 bits per heavy atom. The molecule has 1 heterocycles. The van der Waals surface area contributed by atoms with Gasteiger partial charge in [-0.3, -0.25) is 9.78 Å². The molecule has 0 bridgehead atoms. The molecule has 1 unspecified atom stereocenters. The number of amides is 1. The average molecular weight is 250 g/mol. The molecule has 1 aromatic rings. The number of nitrogens with zero attached hydrogens (tertiary/aromatic N) is 1. The predicted octanol–water partition coefficient (Wildman–Crippen LogP) is 1.76. The molecule has 0 fully saturated rings. The molecule has 1 amide bonds. The summed E-state index contributed by atoms with van der Waals surface area (Å²) in [6.45, 7) is 3.70. The van der Waals surface area contributed by atoms with Crippen LogP contribution in [0.3, 0.4) is 0 Å². The molecule has 0 saturated carbocycles. The van der Waals surface area contributed by atoms with Crippen molar-refractivity contribution in [1.82, 2.24) is 10.3 Å². The van der Waals surface area contributed by atoms with Crippen molar-refractivity contribution in [2.24, 2.45) is 0 Å².